The van der Waals surface area contributed by atoms with Crippen LogP contribution in [0.4, 0.5) is 0 Å². The summed E-state index contributed by atoms with van der Waals surface area (Å²) < 4.78 is 0. The van der Waals surface area contributed by atoms with Gasteiger partial charge in [-0.2, -0.15) is 0 Å². The molecule has 6 heteroatoms. The van der Waals surface area contributed by atoms with Gasteiger partial charge in [-0.05, 0) is 20.8 Å². The number of aliphatic hydroxyl groups is 1. The van der Waals surface area contributed by atoms with E-state index in [0.717, 1.165) is 0 Å². The molecule has 1 atom stereocenters. The molecule has 6 nitrogen and oxygen atoms in total. The monoisotopic (exact) mass is 217 g/mol. The van der Waals surface area contributed by atoms with E-state index in [1.807, 2.05) is 0 Å². The molecule has 0 fully saturated rings. The molecule has 5 N–H and O–H groups in total. The first-order valence-electron chi connectivity index (χ1n) is 4.74. The van der Waals surface area contributed by atoms with Crippen molar-refractivity contribution in [3.8, 4) is 0 Å². The molecule has 0 bridgehead atoms. The van der Waals surface area contributed by atoms with Gasteiger partial charge in [-0.25, -0.2) is 0 Å². The Kier molecular flexibility index (Phi) is 5.24. The minimum Gasteiger partial charge on any atom is -0.394 e. The van der Waals surface area contributed by atoms with Gasteiger partial charge in [-0.15, -0.1) is 0 Å². The van der Waals surface area contributed by atoms with Gasteiger partial charge in [-0.1, -0.05) is 0 Å². The fourth-order valence-electron chi connectivity index (χ4n) is 0.723. The number of carbonyl (C=O) groups excluding carboxylic acids is 2. The van der Waals surface area contributed by atoms with Crippen LogP contribution in [-0.4, -0.2) is 41.7 Å². The van der Waals surface area contributed by atoms with Crippen molar-refractivity contribution < 1.29 is 14.7 Å². The normalized spacial score (nSPS) is 13.1. The third-order valence-electron chi connectivity index (χ3n) is 1.56. The molecule has 1 unspecified atom stereocenters. The van der Waals surface area contributed by atoms with E-state index in [0.29, 0.717) is 0 Å². The number of nitrogens with two attached hydrogens (primary N) is 1. The van der Waals surface area contributed by atoms with E-state index in [2.05, 4.69) is 10.6 Å². The molecule has 0 heterocycles. The fraction of sp³-hybridized carbons (Fsp3) is 0.778. The number of carbonyl (C=O) groups is 2. The summed E-state index contributed by atoms with van der Waals surface area (Å²) in [6, 6.07) is -0.436. The number of amides is 2. The minimum atomic E-state index is -0.763. The molecular formula is C9H19N3O3. The predicted octanol–water partition coefficient (Wildman–Crippen LogP) is -1.66. The smallest absolute Gasteiger partial charge is 0.309 e. The molecular weight excluding hydrogens is 198 g/mol. The van der Waals surface area contributed by atoms with E-state index in [9.17, 15) is 9.59 Å². The third-order valence-corrected chi connectivity index (χ3v) is 1.56. The van der Waals surface area contributed by atoms with Crippen LogP contribution in [0.15, 0.2) is 0 Å². The largest absolute Gasteiger partial charge is 0.394 e. The van der Waals surface area contributed by atoms with Gasteiger partial charge in [0.15, 0.2) is 0 Å². The lowest BCUT2D eigenvalue weighted by Crippen LogP contribution is -2.50. The Balaban J connectivity index is 3.96. The summed E-state index contributed by atoms with van der Waals surface area (Å²) in [6.45, 7) is 5.08. The van der Waals surface area contributed by atoms with E-state index in [1.54, 1.807) is 20.8 Å². The van der Waals surface area contributed by atoms with E-state index in [1.165, 1.54) is 0 Å². The van der Waals surface area contributed by atoms with Crippen molar-refractivity contribution in [1.82, 2.24) is 10.6 Å². The first-order valence-corrected chi connectivity index (χ1v) is 4.74. The molecule has 0 aliphatic heterocycles. The van der Waals surface area contributed by atoms with Crippen LogP contribution >= 0.6 is 0 Å². The van der Waals surface area contributed by atoms with Crippen LogP contribution in [0.25, 0.3) is 0 Å². The quantitative estimate of drug-likeness (QED) is 0.423. The second-order valence-electron chi connectivity index (χ2n) is 4.23. The van der Waals surface area contributed by atoms with Gasteiger partial charge in [0.05, 0.1) is 6.61 Å². The topological polar surface area (TPSA) is 104 Å². The molecule has 0 spiro atoms. The SMILES string of the molecule is CC(CO)NC(=O)C(=O)NCC(C)(C)N. The number of hydrogen-bond acceptors (Lipinski definition) is 4. The summed E-state index contributed by atoms with van der Waals surface area (Å²) in [5.74, 6) is -1.50. The number of hydrogen-bond donors (Lipinski definition) is 4. The lowest BCUT2D eigenvalue weighted by atomic mass is 10.1. The van der Waals surface area contributed by atoms with Crippen LogP contribution < -0.4 is 16.4 Å². The highest BCUT2D eigenvalue weighted by Crippen LogP contribution is 1.92. The highest BCUT2D eigenvalue weighted by molar-refractivity contribution is 6.35. The Hall–Kier alpha value is -1.14. The molecule has 0 aliphatic carbocycles. The van der Waals surface area contributed by atoms with Crippen molar-refractivity contribution >= 4 is 11.8 Å². The van der Waals surface area contributed by atoms with Crippen LogP contribution in [0.3, 0.4) is 0 Å². The summed E-state index contributed by atoms with van der Waals surface area (Å²) in [7, 11) is 0. The molecule has 0 aliphatic rings. The van der Waals surface area contributed by atoms with Crippen molar-refractivity contribution in [2.24, 2.45) is 5.73 Å². The first kappa shape index (κ1) is 13.9. The van der Waals surface area contributed by atoms with Gasteiger partial charge in [0, 0.05) is 18.1 Å². The molecule has 0 saturated heterocycles. The Morgan fingerprint density at radius 3 is 2.33 bits per heavy atom. The summed E-state index contributed by atoms with van der Waals surface area (Å²) >= 11 is 0. The van der Waals surface area contributed by atoms with Crippen molar-refractivity contribution in [2.45, 2.75) is 32.4 Å². The van der Waals surface area contributed by atoms with Crippen molar-refractivity contribution in [3.63, 3.8) is 0 Å². The maximum atomic E-state index is 11.2. The molecule has 2 amide bonds. The summed E-state index contributed by atoms with van der Waals surface area (Å²) in [4.78, 5) is 22.3. The highest BCUT2D eigenvalue weighted by atomic mass is 16.3. The van der Waals surface area contributed by atoms with Gasteiger partial charge in [0.2, 0.25) is 0 Å². The third kappa shape index (κ3) is 6.87. The Bertz CT molecular complexity index is 235. The average molecular weight is 217 g/mol. The Morgan fingerprint density at radius 2 is 1.93 bits per heavy atom. The van der Waals surface area contributed by atoms with Gasteiger partial charge in [0.1, 0.15) is 0 Å². The summed E-state index contributed by atoms with van der Waals surface area (Å²) in [5, 5.41) is 13.4. The maximum absolute atomic E-state index is 11.2. The average Bonchev–Trinajstić information content (AvgIpc) is 2.12. The molecule has 0 aromatic carbocycles. The zero-order valence-corrected chi connectivity index (χ0v) is 9.33. The number of aliphatic hydroxyl groups excluding tert-OH is 1. The molecule has 0 rings (SSSR count). The van der Waals surface area contributed by atoms with Gasteiger partial charge in [-0.3, -0.25) is 9.59 Å². The van der Waals surface area contributed by atoms with Crippen LogP contribution in [-0.2, 0) is 9.59 Å². The zero-order valence-electron chi connectivity index (χ0n) is 9.33. The molecule has 0 aromatic heterocycles. The second kappa shape index (κ2) is 5.67. The lowest BCUT2D eigenvalue weighted by molar-refractivity contribution is -0.139. The highest BCUT2D eigenvalue weighted by Gasteiger charge is 2.18. The molecule has 0 radical (unpaired) electrons. The first-order chi connectivity index (χ1) is 6.76. The molecule has 15 heavy (non-hydrogen) atoms. The number of rotatable bonds is 4. The van der Waals surface area contributed by atoms with Crippen LogP contribution in [0.5, 0.6) is 0 Å². The molecule has 0 aromatic rings. The van der Waals surface area contributed by atoms with E-state index in [4.69, 9.17) is 10.8 Å². The van der Waals surface area contributed by atoms with Crippen molar-refractivity contribution in [3.05, 3.63) is 0 Å². The Morgan fingerprint density at radius 1 is 1.40 bits per heavy atom. The van der Waals surface area contributed by atoms with Gasteiger partial charge < -0.3 is 21.5 Å². The maximum Gasteiger partial charge on any atom is 0.309 e. The standard InChI is InChI=1S/C9H19N3O3/c1-6(4-13)12-8(15)7(14)11-5-9(2,3)10/h6,13H,4-5,10H2,1-3H3,(H,11,14)(H,12,15). The number of nitrogens with one attached hydrogen (secondary N) is 2. The predicted molar refractivity (Wildman–Crippen MR) is 56.0 cm³/mol. The van der Waals surface area contributed by atoms with Crippen LogP contribution in [0.2, 0.25) is 0 Å². The summed E-state index contributed by atoms with van der Waals surface area (Å²) in [5.41, 5.74) is 5.07. The van der Waals surface area contributed by atoms with Crippen LogP contribution in [0.1, 0.15) is 20.8 Å². The molecule has 88 valence electrons. The summed E-state index contributed by atoms with van der Waals surface area (Å²) in [6.07, 6.45) is 0. The van der Waals surface area contributed by atoms with E-state index in [-0.39, 0.29) is 13.2 Å². The van der Waals surface area contributed by atoms with Gasteiger partial charge >= 0.3 is 11.8 Å². The van der Waals surface area contributed by atoms with E-state index < -0.39 is 23.4 Å². The second-order valence-corrected chi connectivity index (χ2v) is 4.23. The molecule has 0 saturated carbocycles. The zero-order chi connectivity index (χ0) is 12.1. The van der Waals surface area contributed by atoms with Crippen molar-refractivity contribution in [1.29, 1.82) is 0 Å². The van der Waals surface area contributed by atoms with Gasteiger partial charge in [0.25, 0.3) is 0 Å². The minimum absolute atomic E-state index is 0.207. The van der Waals surface area contributed by atoms with Crippen LogP contribution in [0, 0.1) is 0 Å². The lowest BCUT2D eigenvalue weighted by Gasteiger charge is -2.19. The van der Waals surface area contributed by atoms with E-state index >= 15 is 0 Å². The van der Waals surface area contributed by atoms with Crippen molar-refractivity contribution in [2.75, 3.05) is 13.2 Å². The fourth-order valence-corrected chi connectivity index (χ4v) is 0.723. The Labute approximate surface area is 89.2 Å².